The number of hydrogen-bond donors (Lipinski definition) is 5. The molecule has 0 radical (unpaired) electrons. The maximum Gasteiger partial charge on any atom is 0.271 e. The van der Waals surface area contributed by atoms with Crippen molar-refractivity contribution in [2.24, 2.45) is 0 Å². The lowest BCUT2D eigenvalue weighted by atomic mass is 9.85. The Kier molecular flexibility index (Phi) is 7.04. The molecule has 1 saturated heterocycles. The van der Waals surface area contributed by atoms with Gasteiger partial charge in [-0.05, 0) is 29.2 Å². The van der Waals surface area contributed by atoms with E-state index in [1.54, 1.807) is 17.0 Å². The summed E-state index contributed by atoms with van der Waals surface area (Å²) in [5.74, 6) is -0.113. The first-order valence-corrected chi connectivity index (χ1v) is 11.0. The van der Waals surface area contributed by atoms with E-state index in [0.717, 1.165) is 5.56 Å². The van der Waals surface area contributed by atoms with Gasteiger partial charge in [0.25, 0.3) is 5.91 Å². The van der Waals surface area contributed by atoms with Crippen molar-refractivity contribution in [2.45, 2.75) is 38.8 Å². The molecule has 0 saturated carbocycles. The van der Waals surface area contributed by atoms with Crippen LogP contribution < -0.4 is 16.4 Å². The second kappa shape index (κ2) is 9.44. The Bertz CT molecular complexity index is 1110. The third-order valence-corrected chi connectivity index (χ3v) is 5.87. The quantitative estimate of drug-likeness (QED) is 0.183. The van der Waals surface area contributed by atoms with E-state index in [0.29, 0.717) is 35.2 Å². The highest BCUT2D eigenvalue weighted by atomic mass is 35.5. The molecule has 1 fully saturated rings. The van der Waals surface area contributed by atoms with E-state index >= 15 is 0 Å². The number of halogens is 2. The van der Waals surface area contributed by atoms with Gasteiger partial charge < -0.3 is 26.3 Å². The number of likely N-dealkylation sites (tertiary alicyclic amines) is 1. The van der Waals surface area contributed by atoms with Gasteiger partial charge in [-0.25, -0.2) is 4.98 Å². The molecule has 0 aliphatic carbocycles. The predicted molar refractivity (Wildman–Crippen MR) is 130 cm³/mol. The molecule has 0 unspecified atom stereocenters. The first-order valence-electron chi connectivity index (χ1n) is 10.3. The van der Waals surface area contributed by atoms with E-state index in [9.17, 15) is 9.59 Å². The van der Waals surface area contributed by atoms with Crippen molar-refractivity contribution in [1.29, 1.82) is 5.41 Å². The highest BCUT2D eigenvalue weighted by Crippen LogP contribution is 2.33. The lowest BCUT2D eigenvalue weighted by Gasteiger charge is -2.38. The summed E-state index contributed by atoms with van der Waals surface area (Å²) in [5.41, 5.74) is 7.76. The summed E-state index contributed by atoms with van der Waals surface area (Å²) >= 11 is 12.5. The second-order valence-corrected chi connectivity index (χ2v) is 9.63. The summed E-state index contributed by atoms with van der Waals surface area (Å²) < 4.78 is 0. The topological polar surface area (TPSA) is 140 Å². The minimum atomic E-state index is -0.415. The van der Waals surface area contributed by atoms with Gasteiger partial charge in [-0.2, -0.15) is 0 Å². The average Bonchev–Trinajstić information content (AvgIpc) is 3.07. The fraction of sp³-hybridized carbons (Fsp3) is 0.364. The van der Waals surface area contributed by atoms with E-state index in [-0.39, 0.29) is 40.6 Å². The fourth-order valence-electron chi connectivity index (χ4n) is 3.42. The Hall–Kier alpha value is -3.04. The summed E-state index contributed by atoms with van der Waals surface area (Å²) in [5, 5.41) is 14.7. The Morgan fingerprint density at radius 2 is 2.03 bits per heavy atom. The van der Waals surface area contributed by atoms with Crippen molar-refractivity contribution < 1.29 is 9.59 Å². The number of H-pyrrole nitrogens is 1. The molecule has 33 heavy (non-hydrogen) atoms. The molecule has 0 bridgehead atoms. The minimum absolute atomic E-state index is 0.0233. The van der Waals surface area contributed by atoms with Crippen LogP contribution in [0.5, 0.6) is 0 Å². The summed E-state index contributed by atoms with van der Waals surface area (Å²) in [6, 6.07) is 3.28. The first kappa shape index (κ1) is 24.6. The summed E-state index contributed by atoms with van der Waals surface area (Å²) in [4.78, 5) is 32.6. The maximum absolute atomic E-state index is 12.5. The SMILES string of the molecule is C=CC(=O)N1CC(NC(=O)c2[nH]c(CNC(=N)c3cc(C(C)(C)C)c(Cl)cc3N)nc2Cl)C1. The monoisotopic (exact) mass is 491 g/mol. The molecule has 3 rings (SSSR count). The van der Waals surface area contributed by atoms with E-state index in [4.69, 9.17) is 34.3 Å². The fourth-order valence-corrected chi connectivity index (χ4v) is 4.11. The third kappa shape index (κ3) is 5.48. The van der Waals surface area contributed by atoms with Gasteiger partial charge in [0.1, 0.15) is 17.4 Å². The second-order valence-electron chi connectivity index (χ2n) is 8.86. The van der Waals surface area contributed by atoms with Gasteiger partial charge in [-0.15, -0.1) is 0 Å². The largest absolute Gasteiger partial charge is 0.398 e. The Morgan fingerprint density at radius 1 is 1.36 bits per heavy atom. The number of carbonyl (C=O) groups is 2. The van der Waals surface area contributed by atoms with E-state index in [1.165, 1.54) is 6.08 Å². The molecule has 176 valence electrons. The molecule has 1 aliphatic heterocycles. The molecule has 1 aromatic carbocycles. The smallest absolute Gasteiger partial charge is 0.271 e. The Balaban J connectivity index is 1.62. The van der Waals surface area contributed by atoms with Gasteiger partial charge in [0, 0.05) is 29.4 Å². The predicted octanol–water partition coefficient (Wildman–Crippen LogP) is 2.84. The minimum Gasteiger partial charge on any atom is -0.398 e. The molecule has 1 aliphatic rings. The lowest BCUT2D eigenvalue weighted by molar-refractivity contribution is -0.130. The number of aromatic nitrogens is 2. The number of amidine groups is 1. The number of nitrogens with zero attached hydrogens (tertiary/aromatic N) is 2. The van der Waals surface area contributed by atoms with E-state index in [1.807, 2.05) is 20.8 Å². The lowest BCUT2D eigenvalue weighted by Crippen LogP contribution is -2.60. The number of anilines is 1. The van der Waals surface area contributed by atoms with Gasteiger partial charge in [0.2, 0.25) is 5.91 Å². The highest BCUT2D eigenvalue weighted by molar-refractivity contribution is 6.32. The molecule has 1 aromatic heterocycles. The van der Waals surface area contributed by atoms with Crippen LogP contribution in [0.15, 0.2) is 24.8 Å². The molecule has 2 aromatic rings. The number of nitrogens with two attached hydrogens (primary N) is 1. The van der Waals surface area contributed by atoms with Crippen LogP contribution >= 0.6 is 23.2 Å². The van der Waals surface area contributed by atoms with Crippen LogP contribution in [0.3, 0.4) is 0 Å². The van der Waals surface area contributed by atoms with Crippen LogP contribution in [0.25, 0.3) is 0 Å². The molecule has 9 nitrogen and oxygen atoms in total. The van der Waals surface area contributed by atoms with Crippen molar-refractivity contribution in [3.05, 3.63) is 57.6 Å². The number of nitrogens with one attached hydrogen (secondary N) is 4. The standard InChI is InChI=1S/C22H27Cl2N7O2/c1-5-17(32)31-9-11(10-31)28-21(33)18-19(24)30-16(29-18)8-27-20(26)12-6-13(22(2,3)4)14(23)7-15(12)25/h5-7,11H,1,8-10,25H2,2-4H3,(H2,26,27)(H,28,33)(H,29,30). The Labute approximate surface area is 202 Å². The van der Waals surface area contributed by atoms with Crippen molar-refractivity contribution in [3.8, 4) is 0 Å². The molecular weight excluding hydrogens is 465 g/mol. The number of imidazole rings is 1. The average molecular weight is 492 g/mol. The van der Waals surface area contributed by atoms with E-state index in [2.05, 4.69) is 27.2 Å². The molecule has 0 atom stereocenters. The third-order valence-electron chi connectivity index (χ3n) is 5.29. The van der Waals surface area contributed by atoms with Gasteiger partial charge in [-0.3, -0.25) is 15.0 Å². The number of aromatic amines is 1. The van der Waals surface area contributed by atoms with Crippen molar-refractivity contribution >= 4 is 46.5 Å². The zero-order valence-electron chi connectivity index (χ0n) is 18.7. The van der Waals surface area contributed by atoms with Crippen molar-refractivity contribution in [2.75, 3.05) is 18.8 Å². The van der Waals surface area contributed by atoms with Crippen LogP contribution in [0, 0.1) is 5.41 Å². The van der Waals surface area contributed by atoms with Gasteiger partial charge in [0.05, 0.1) is 12.6 Å². The zero-order chi connectivity index (χ0) is 24.5. The number of amides is 2. The number of carbonyl (C=O) groups excluding carboxylic acids is 2. The molecule has 2 amide bonds. The molecular formula is C22H27Cl2N7O2. The summed E-state index contributed by atoms with van der Waals surface area (Å²) in [6.07, 6.45) is 1.24. The number of hydrogen-bond acceptors (Lipinski definition) is 5. The van der Waals surface area contributed by atoms with Crippen LogP contribution in [0.4, 0.5) is 5.69 Å². The number of rotatable bonds is 6. The number of nitrogen functional groups attached to an aromatic ring is 1. The molecule has 2 heterocycles. The van der Waals surface area contributed by atoms with Crippen molar-refractivity contribution in [3.63, 3.8) is 0 Å². The van der Waals surface area contributed by atoms with Gasteiger partial charge >= 0.3 is 0 Å². The zero-order valence-corrected chi connectivity index (χ0v) is 20.2. The molecule has 11 heteroatoms. The molecule has 0 spiro atoms. The highest BCUT2D eigenvalue weighted by Gasteiger charge is 2.31. The molecule has 6 N–H and O–H groups in total. The maximum atomic E-state index is 12.5. The van der Waals surface area contributed by atoms with Crippen LogP contribution in [-0.2, 0) is 16.8 Å². The Morgan fingerprint density at radius 3 is 2.64 bits per heavy atom. The number of benzene rings is 1. The van der Waals surface area contributed by atoms with Crippen molar-refractivity contribution in [1.82, 2.24) is 25.5 Å². The van der Waals surface area contributed by atoms with Gasteiger partial charge in [-0.1, -0.05) is 50.6 Å². The van der Waals surface area contributed by atoms with E-state index < -0.39 is 5.91 Å². The normalized spacial score (nSPS) is 13.9. The summed E-state index contributed by atoms with van der Waals surface area (Å²) in [6.45, 7) is 10.5. The van der Waals surface area contributed by atoms with Crippen LogP contribution in [-0.4, -0.2) is 51.6 Å². The summed E-state index contributed by atoms with van der Waals surface area (Å²) in [7, 11) is 0. The van der Waals surface area contributed by atoms with Crippen LogP contribution in [0.2, 0.25) is 10.2 Å². The van der Waals surface area contributed by atoms with Gasteiger partial charge in [0.15, 0.2) is 5.15 Å². The van der Waals surface area contributed by atoms with Crippen LogP contribution in [0.1, 0.15) is 48.2 Å². The first-order chi connectivity index (χ1) is 15.4.